The monoisotopic (exact) mass is 509 g/mol. The van der Waals surface area contributed by atoms with E-state index in [1.165, 1.54) is 6.07 Å². The summed E-state index contributed by atoms with van der Waals surface area (Å²) in [4.78, 5) is 6.23. The number of nitrogens with one attached hydrogen (secondary N) is 1. The fraction of sp³-hybridized carbons (Fsp3) is 0.650. The minimum atomic E-state index is -0.344. The first-order chi connectivity index (χ1) is 13.2. The van der Waals surface area contributed by atoms with Crippen molar-refractivity contribution >= 4 is 29.9 Å². The van der Waals surface area contributed by atoms with Gasteiger partial charge in [-0.15, -0.1) is 24.0 Å². The van der Waals surface area contributed by atoms with E-state index in [4.69, 9.17) is 14.2 Å². The van der Waals surface area contributed by atoms with E-state index >= 15 is 0 Å². The normalized spacial score (nSPS) is 15.0. The van der Waals surface area contributed by atoms with E-state index in [9.17, 15) is 4.39 Å². The van der Waals surface area contributed by atoms with Gasteiger partial charge in [-0.05, 0) is 37.3 Å². The Morgan fingerprint density at radius 2 is 2.04 bits per heavy atom. The van der Waals surface area contributed by atoms with E-state index in [0.717, 1.165) is 58.2 Å². The van der Waals surface area contributed by atoms with Crippen LogP contribution in [0.25, 0.3) is 0 Å². The fourth-order valence-corrected chi connectivity index (χ4v) is 2.88. The molecule has 0 bridgehead atoms. The van der Waals surface area contributed by atoms with Crippen LogP contribution >= 0.6 is 24.0 Å². The number of hydrogen-bond acceptors (Lipinski definition) is 4. The van der Waals surface area contributed by atoms with Crippen LogP contribution in [0.2, 0.25) is 0 Å². The Hall–Kier alpha value is -1.13. The summed E-state index contributed by atoms with van der Waals surface area (Å²) in [6.07, 6.45) is 3.12. The molecule has 0 atom stereocenters. The Kier molecular flexibility index (Phi) is 13.2. The summed E-state index contributed by atoms with van der Waals surface area (Å²) >= 11 is 0. The highest BCUT2D eigenvalue weighted by Gasteiger charge is 2.13. The Labute approximate surface area is 184 Å². The highest BCUT2D eigenvalue weighted by molar-refractivity contribution is 14.0. The molecule has 1 fully saturated rings. The van der Waals surface area contributed by atoms with Gasteiger partial charge in [-0.1, -0.05) is 12.1 Å². The summed E-state index contributed by atoms with van der Waals surface area (Å²) in [5, 5.41) is 3.31. The lowest BCUT2D eigenvalue weighted by molar-refractivity contribution is 0.0203. The number of guanidine groups is 1. The quantitative estimate of drug-likeness (QED) is 0.227. The van der Waals surface area contributed by atoms with Crippen LogP contribution in [0, 0.1) is 11.7 Å². The van der Waals surface area contributed by atoms with E-state index in [2.05, 4.69) is 10.3 Å². The topological polar surface area (TPSA) is 55.3 Å². The average molecular weight is 509 g/mol. The third kappa shape index (κ3) is 9.38. The largest absolute Gasteiger partial charge is 0.489 e. The molecule has 0 saturated carbocycles. The van der Waals surface area contributed by atoms with Crippen LogP contribution in [0.4, 0.5) is 4.39 Å². The molecule has 1 heterocycles. The smallest absolute Gasteiger partial charge is 0.193 e. The zero-order valence-corrected chi connectivity index (χ0v) is 19.2. The first-order valence-electron chi connectivity index (χ1n) is 9.65. The van der Waals surface area contributed by atoms with Crippen LogP contribution in [0.15, 0.2) is 29.3 Å². The second-order valence-corrected chi connectivity index (χ2v) is 6.66. The van der Waals surface area contributed by atoms with Gasteiger partial charge in [0.2, 0.25) is 0 Å². The number of rotatable bonds is 10. The van der Waals surface area contributed by atoms with Gasteiger partial charge in [0.05, 0.1) is 6.54 Å². The van der Waals surface area contributed by atoms with Crippen molar-refractivity contribution in [1.82, 2.24) is 10.2 Å². The maximum absolute atomic E-state index is 13.5. The Balaban J connectivity index is 0.00000392. The third-order valence-corrected chi connectivity index (χ3v) is 4.54. The van der Waals surface area contributed by atoms with Gasteiger partial charge in [0, 0.05) is 47.1 Å². The van der Waals surface area contributed by atoms with Crippen molar-refractivity contribution in [2.24, 2.45) is 10.9 Å². The van der Waals surface area contributed by atoms with Gasteiger partial charge in [0.25, 0.3) is 0 Å². The van der Waals surface area contributed by atoms with E-state index in [-0.39, 0.29) is 35.5 Å². The Bertz CT molecular complexity index is 571. The van der Waals surface area contributed by atoms with Crippen molar-refractivity contribution in [2.45, 2.75) is 19.3 Å². The van der Waals surface area contributed by atoms with Gasteiger partial charge >= 0.3 is 0 Å². The Morgan fingerprint density at radius 3 is 2.75 bits per heavy atom. The predicted molar refractivity (Wildman–Crippen MR) is 120 cm³/mol. The molecule has 0 amide bonds. The van der Waals surface area contributed by atoms with Crippen molar-refractivity contribution in [2.75, 3.05) is 60.2 Å². The van der Waals surface area contributed by atoms with Gasteiger partial charge in [-0.25, -0.2) is 4.39 Å². The molecule has 0 spiro atoms. The van der Waals surface area contributed by atoms with Gasteiger partial charge < -0.3 is 24.4 Å². The molecule has 1 aromatic carbocycles. The maximum atomic E-state index is 13.5. The van der Waals surface area contributed by atoms with Crippen LogP contribution in [-0.4, -0.2) is 71.1 Å². The first kappa shape index (κ1) is 24.9. The van der Waals surface area contributed by atoms with Crippen molar-refractivity contribution in [3.05, 3.63) is 30.1 Å². The fourth-order valence-electron chi connectivity index (χ4n) is 2.88. The molecule has 0 aliphatic carbocycles. The van der Waals surface area contributed by atoms with Gasteiger partial charge in [-0.2, -0.15) is 0 Å². The lowest BCUT2D eigenvalue weighted by Gasteiger charge is -2.23. The van der Waals surface area contributed by atoms with Crippen LogP contribution in [0.1, 0.15) is 19.3 Å². The number of nitrogens with zero attached hydrogens (tertiary/aromatic N) is 2. The number of ether oxygens (including phenoxy) is 3. The van der Waals surface area contributed by atoms with E-state index in [1.807, 2.05) is 11.9 Å². The molecule has 1 N–H and O–H groups in total. The van der Waals surface area contributed by atoms with Gasteiger partial charge in [0.1, 0.15) is 6.61 Å². The van der Waals surface area contributed by atoms with Crippen molar-refractivity contribution in [1.29, 1.82) is 0 Å². The number of para-hydroxylation sites is 1. The number of halogens is 2. The highest BCUT2D eigenvalue weighted by Crippen LogP contribution is 2.15. The zero-order valence-electron chi connectivity index (χ0n) is 16.9. The SMILES string of the molecule is CN=C(NCCCOCC1CCOCC1)N(C)CCOc1ccccc1F.I. The lowest BCUT2D eigenvalue weighted by Crippen LogP contribution is -2.41. The second kappa shape index (κ2) is 14.8. The molecule has 8 heteroatoms. The lowest BCUT2D eigenvalue weighted by atomic mass is 10.0. The minimum absolute atomic E-state index is 0. The summed E-state index contributed by atoms with van der Waals surface area (Å²) in [7, 11) is 3.68. The predicted octanol–water partition coefficient (Wildman–Crippen LogP) is 3.16. The summed E-state index contributed by atoms with van der Waals surface area (Å²) in [5.41, 5.74) is 0. The second-order valence-electron chi connectivity index (χ2n) is 6.66. The van der Waals surface area contributed by atoms with Crippen LogP contribution < -0.4 is 10.1 Å². The van der Waals surface area contributed by atoms with Crippen molar-refractivity contribution < 1.29 is 18.6 Å². The van der Waals surface area contributed by atoms with Crippen molar-refractivity contribution in [3.63, 3.8) is 0 Å². The van der Waals surface area contributed by atoms with E-state index in [0.29, 0.717) is 19.1 Å². The summed E-state index contributed by atoms with van der Waals surface area (Å²) in [6, 6.07) is 6.42. The molecular weight excluding hydrogens is 476 g/mol. The number of likely N-dealkylation sites (N-methyl/N-ethyl adjacent to an activating group) is 1. The van der Waals surface area contributed by atoms with E-state index < -0.39 is 0 Å². The number of hydrogen-bond donors (Lipinski definition) is 1. The maximum Gasteiger partial charge on any atom is 0.193 e. The van der Waals surface area contributed by atoms with Crippen LogP contribution in [0.5, 0.6) is 5.75 Å². The molecule has 1 aliphatic heterocycles. The van der Waals surface area contributed by atoms with Gasteiger partial charge in [-0.3, -0.25) is 4.99 Å². The number of benzene rings is 1. The van der Waals surface area contributed by atoms with Crippen LogP contribution in [0.3, 0.4) is 0 Å². The molecule has 1 aromatic rings. The molecule has 0 aromatic heterocycles. The zero-order chi connectivity index (χ0) is 19.3. The minimum Gasteiger partial charge on any atom is -0.489 e. The molecule has 28 heavy (non-hydrogen) atoms. The summed E-state index contributed by atoms with van der Waals surface area (Å²) in [5.74, 6) is 1.36. The van der Waals surface area contributed by atoms with Gasteiger partial charge in [0.15, 0.2) is 17.5 Å². The number of aliphatic imine (C=N–C) groups is 1. The average Bonchev–Trinajstić information content (AvgIpc) is 2.69. The molecule has 0 unspecified atom stereocenters. The molecule has 6 nitrogen and oxygen atoms in total. The molecule has 0 radical (unpaired) electrons. The van der Waals surface area contributed by atoms with Crippen molar-refractivity contribution in [3.8, 4) is 5.75 Å². The van der Waals surface area contributed by atoms with E-state index in [1.54, 1.807) is 25.2 Å². The van der Waals surface area contributed by atoms with Crippen LogP contribution in [-0.2, 0) is 9.47 Å². The third-order valence-electron chi connectivity index (χ3n) is 4.54. The molecule has 1 aliphatic rings. The highest BCUT2D eigenvalue weighted by atomic mass is 127. The molecule has 160 valence electrons. The Morgan fingerprint density at radius 1 is 1.29 bits per heavy atom. The summed E-state index contributed by atoms with van der Waals surface area (Å²) < 4.78 is 30.1. The summed E-state index contributed by atoms with van der Waals surface area (Å²) in [6.45, 7) is 5.06. The molecule has 1 saturated heterocycles. The first-order valence-corrected chi connectivity index (χ1v) is 9.65. The standard InChI is InChI=1S/C20H32FN3O3.HI/c1-22-20(23-10-5-12-26-16-17-8-13-25-14-9-17)24(2)11-15-27-19-7-4-3-6-18(19)21;/h3-4,6-7,17H,5,8-16H2,1-2H3,(H,22,23);1H. The molecular formula is C20H33FIN3O3. The molecule has 2 rings (SSSR count).